The third-order valence-electron chi connectivity index (χ3n) is 3.51. The Bertz CT molecular complexity index is 401. The molecule has 0 bridgehead atoms. The summed E-state index contributed by atoms with van der Waals surface area (Å²) >= 11 is 0. The summed E-state index contributed by atoms with van der Waals surface area (Å²) in [4.78, 5) is 2.20. The Labute approximate surface area is 113 Å². The van der Waals surface area contributed by atoms with Crippen molar-refractivity contribution in [2.75, 3.05) is 13.1 Å². The van der Waals surface area contributed by atoms with Crippen LogP contribution in [0.3, 0.4) is 0 Å². The van der Waals surface area contributed by atoms with E-state index in [0.29, 0.717) is 30.6 Å². The molecule has 0 saturated carbocycles. The molecule has 0 aromatic heterocycles. The third kappa shape index (κ3) is 3.40. The van der Waals surface area contributed by atoms with Gasteiger partial charge in [0.05, 0.1) is 0 Å². The molecular formula is C13H19ClF2N2. The Morgan fingerprint density at radius 1 is 1.39 bits per heavy atom. The Morgan fingerprint density at radius 3 is 2.67 bits per heavy atom. The van der Waals surface area contributed by atoms with Gasteiger partial charge in [-0.15, -0.1) is 12.4 Å². The number of rotatable bonds is 3. The fraction of sp³-hybridized carbons (Fsp3) is 0.538. The van der Waals surface area contributed by atoms with Gasteiger partial charge in [-0.1, -0.05) is 6.07 Å². The molecule has 1 aromatic rings. The summed E-state index contributed by atoms with van der Waals surface area (Å²) in [6, 6.07) is 4.18. The molecule has 2 unspecified atom stereocenters. The SMILES string of the molecule is CC1CC(CN)CN1Cc1ccc(F)cc1F.Cl. The van der Waals surface area contributed by atoms with Crippen LogP contribution in [0.1, 0.15) is 18.9 Å². The first-order chi connectivity index (χ1) is 8.10. The number of hydrogen-bond donors (Lipinski definition) is 1. The average Bonchev–Trinajstić information content (AvgIpc) is 2.64. The Balaban J connectivity index is 0.00000162. The number of likely N-dealkylation sites (tertiary alicyclic amines) is 1. The highest BCUT2D eigenvalue weighted by Gasteiger charge is 2.28. The van der Waals surface area contributed by atoms with Gasteiger partial charge in [0.15, 0.2) is 0 Å². The largest absolute Gasteiger partial charge is 0.330 e. The quantitative estimate of drug-likeness (QED) is 0.919. The predicted octanol–water partition coefficient (Wildman–Crippen LogP) is 2.56. The van der Waals surface area contributed by atoms with Gasteiger partial charge < -0.3 is 5.73 Å². The first kappa shape index (κ1) is 15.3. The van der Waals surface area contributed by atoms with Crippen LogP contribution in [0.4, 0.5) is 8.78 Å². The molecule has 0 spiro atoms. The Morgan fingerprint density at radius 2 is 2.11 bits per heavy atom. The van der Waals surface area contributed by atoms with E-state index < -0.39 is 11.6 Å². The molecule has 2 rings (SSSR count). The zero-order valence-electron chi connectivity index (χ0n) is 10.4. The molecule has 1 aromatic carbocycles. The minimum atomic E-state index is -0.527. The second kappa shape index (κ2) is 6.45. The van der Waals surface area contributed by atoms with Gasteiger partial charge >= 0.3 is 0 Å². The molecule has 1 aliphatic rings. The lowest BCUT2D eigenvalue weighted by Gasteiger charge is -2.21. The molecule has 1 heterocycles. The van der Waals surface area contributed by atoms with Crippen LogP contribution in [-0.4, -0.2) is 24.0 Å². The molecule has 0 aliphatic carbocycles. The lowest BCUT2D eigenvalue weighted by atomic mass is 10.1. The minimum absolute atomic E-state index is 0. The van der Waals surface area contributed by atoms with Crippen molar-refractivity contribution in [3.05, 3.63) is 35.4 Å². The van der Waals surface area contributed by atoms with E-state index in [4.69, 9.17) is 5.73 Å². The highest BCUT2D eigenvalue weighted by atomic mass is 35.5. The maximum atomic E-state index is 13.5. The molecule has 5 heteroatoms. The zero-order valence-corrected chi connectivity index (χ0v) is 11.2. The van der Waals surface area contributed by atoms with Crippen molar-refractivity contribution in [3.8, 4) is 0 Å². The molecule has 102 valence electrons. The van der Waals surface area contributed by atoms with E-state index in [9.17, 15) is 8.78 Å². The fourth-order valence-corrected chi connectivity index (χ4v) is 2.48. The summed E-state index contributed by atoms with van der Waals surface area (Å²) in [5, 5.41) is 0. The second-order valence-corrected chi connectivity index (χ2v) is 4.85. The average molecular weight is 277 g/mol. The van der Waals surface area contributed by atoms with E-state index in [1.165, 1.54) is 12.1 Å². The molecule has 0 amide bonds. The zero-order chi connectivity index (χ0) is 12.4. The molecular weight excluding hydrogens is 258 g/mol. The monoisotopic (exact) mass is 276 g/mol. The maximum absolute atomic E-state index is 13.5. The Kier molecular flexibility index (Phi) is 5.50. The van der Waals surface area contributed by atoms with Gasteiger partial charge in [-0.3, -0.25) is 4.90 Å². The third-order valence-corrected chi connectivity index (χ3v) is 3.51. The van der Waals surface area contributed by atoms with Crippen LogP contribution in [0.2, 0.25) is 0 Å². The summed E-state index contributed by atoms with van der Waals surface area (Å²) in [5.74, 6) is -0.498. The molecule has 2 N–H and O–H groups in total. The minimum Gasteiger partial charge on any atom is -0.330 e. The Hall–Kier alpha value is -0.710. The van der Waals surface area contributed by atoms with Crippen LogP contribution in [-0.2, 0) is 6.54 Å². The van der Waals surface area contributed by atoms with Gasteiger partial charge in [0.2, 0.25) is 0 Å². The first-order valence-corrected chi connectivity index (χ1v) is 5.98. The standard InChI is InChI=1S/C13H18F2N2.ClH/c1-9-4-10(6-16)7-17(9)8-11-2-3-12(14)5-13(11)15;/h2-3,5,9-10H,4,6-8,16H2,1H3;1H. The van der Waals surface area contributed by atoms with Crippen molar-refractivity contribution in [2.45, 2.75) is 25.9 Å². The second-order valence-electron chi connectivity index (χ2n) is 4.85. The topological polar surface area (TPSA) is 29.3 Å². The molecule has 2 nitrogen and oxygen atoms in total. The van der Waals surface area contributed by atoms with Crippen molar-refractivity contribution in [2.24, 2.45) is 11.7 Å². The van der Waals surface area contributed by atoms with Crippen LogP contribution < -0.4 is 5.73 Å². The summed E-state index contributed by atoms with van der Waals surface area (Å²) in [6.07, 6.45) is 1.05. The summed E-state index contributed by atoms with van der Waals surface area (Å²) in [6.45, 7) is 4.22. The fourth-order valence-electron chi connectivity index (χ4n) is 2.48. The van der Waals surface area contributed by atoms with Gasteiger partial charge in [-0.05, 0) is 31.9 Å². The van der Waals surface area contributed by atoms with Crippen LogP contribution in [0.25, 0.3) is 0 Å². The normalized spacial score (nSPS) is 24.0. The highest BCUT2D eigenvalue weighted by molar-refractivity contribution is 5.85. The van der Waals surface area contributed by atoms with Crippen LogP contribution in [0.15, 0.2) is 18.2 Å². The summed E-state index contributed by atoms with van der Waals surface area (Å²) in [5.41, 5.74) is 6.20. The number of halogens is 3. The van der Waals surface area contributed by atoms with Crippen molar-refractivity contribution < 1.29 is 8.78 Å². The first-order valence-electron chi connectivity index (χ1n) is 5.98. The van der Waals surface area contributed by atoms with E-state index in [1.54, 1.807) is 0 Å². The van der Waals surface area contributed by atoms with Crippen molar-refractivity contribution in [1.82, 2.24) is 4.90 Å². The van der Waals surface area contributed by atoms with Crippen LogP contribution >= 0.6 is 12.4 Å². The molecule has 1 saturated heterocycles. The van der Waals surface area contributed by atoms with E-state index in [-0.39, 0.29) is 12.4 Å². The van der Waals surface area contributed by atoms with Gasteiger partial charge in [-0.25, -0.2) is 8.78 Å². The highest BCUT2D eigenvalue weighted by Crippen LogP contribution is 2.24. The predicted molar refractivity (Wildman–Crippen MR) is 70.6 cm³/mol. The van der Waals surface area contributed by atoms with Crippen LogP contribution in [0.5, 0.6) is 0 Å². The van der Waals surface area contributed by atoms with Gasteiger partial charge in [0.25, 0.3) is 0 Å². The van der Waals surface area contributed by atoms with E-state index >= 15 is 0 Å². The number of nitrogens with zero attached hydrogens (tertiary/aromatic N) is 1. The van der Waals surface area contributed by atoms with Gasteiger partial charge in [0.1, 0.15) is 11.6 Å². The number of hydrogen-bond acceptors (Lipinski definition) is 2. The van der Waals surface area contributed by atoms with Crippen molar-refractivity contribution in [1.29, 1.82) is 0 Å². The lowest BCUT2D eigenvalue weighted by Crippen LogP contribution is -2.27. The summed E-state index contributed by atoms with van der Waals surface area (Å²) < 4.78 is 26.3. The number of benzene rings is 1. The molecule has 1 fully saturated rings. The van der Waals surface area contributed by atoms with Crippen molar-refractivity contribution in [3.63, 3.8) is 0 Å². The van der Waals surface area contributed by atoms with E-state index in [0.717, 1.165) is 19.0 Å². The van der Waals surface area contributed by atoms with Gasteiger partial charge in [-0.2, -0.15) is 0 Å². The van der Waals surface area contributed by atoms with E-state index in [2.05, 4.69) is 11.8 Å². The lowest BCUT2D eigenvalue weighted by molar-refractivity contribution is 0.252. The molecule has 18 heavy (non-hydrogen) atoms. The molecule has 0 radical (unpaired) electrons. The molecule has 1 aliphatic heterocycles. The van der Waals surface area contributed by atoms with Crippen LogP contribution in [0, 0.1) is 17.6 Å². The maximum Gasteiger partial charge on any atom is 0.130 e. The van der Waals surface area contributed by atoms with Gasteiger partial charge in [0, 0.05) is 30.8 Å². The van der Waals surface area contributed by atoms with Crippen molar-refractivity contribution >= 4 is 12.4 Å². The number of nitrogens with two attached hydrogens (primary N) is 1. The smallest absolute Gasteiger partial charge is 0.130 e. The molecule has 2 atom stereocenters. The summed E-state index contributed by atoms with van der Waals surface area (Å²) in [7, 11) is 0. The van der Waals surface area contributed by atoms with E-state index in [1.807, 2.05) is 0 Å².